The number of aromatic nitrogens is 3. The van der Waals surface area contributed by atoms with Crippen molar-refractivity contribution in [1.82, 2.24) is 15.0 Å². The van der Waals surface area contributed by atoms with E-state index >= 15 is 0 Å². The van der Waals surface area contributed by atoms with Gasteiger partial charge in [0.25, 0.3) is 0 Å². The van der Waals surface area contributed by atoms with E-state index in [-0.39, 0.29) is 0 Å². The van der Waals surface area contributed by atoms with E-state index in [1.165, 1.54) is 0 Å². The van der Waals surface area contributed by atoms with Gasteiger partial charge in [-0.25, -0.2) is 0 Å². The highest BCUT2D eigenvalue weighted by molar-refractivity contribution is 5.54. The Kier molecular flexibility index (Phi) is 2.82. The normalized spacial score (nSPS) is 10.8. The topological polar surface area (TPSA) is 69.9 Å². The molecule has 0 bridgehead atoms. The largest absolute Gasteiger partial charge is 0.462 e. The fourth-order valence-electron chi connectivity index (χ4n) is 1.40. The van der Waals surface area contributed by atoms with Gasteiger partial charge in [0, 0.05) is 6.54 Å². The van der Waals surface area contributed by atoms with E-state index in [4.69, 9.17) is 10.2 Å². The molecule has 0 aliphatic rings. The summed E-state index contributed by atoms with van der Waals surface area (Å²) >= 11 is 0. The lowest BCUT2D eigenvalue weighted by atomic mass is 10.2. The summed E-state index contributed by atoms with van der Waals surface area (Å²) in [7, 11) is 0. The molecule has 0 saturated heterocycles. The van der Waals surface area contributed by atoms with Crippen molar-refractivity contribution in [3.05, 3.63) is 24.1 Å². The maximum atomic E-state index is 5.42. The molecule has 0 aliphatic heterocycles. The van der Waals surface area contributed by atoms with Crippen molar-refractivity contribution in [2.24, 2.45) is 5.73 Å². The Hall–Kier alpha value is -1.62. The zero-order chi connectivity index (χ0) is 10.7. The Labute approximate surface area is 87.9 Å². The lowest BCUT2D eigenvalue weighted by molar-refractivity contribution is 0.564. The molecule has 2 aromatic rings. The highest BCUT2D eigenvalue weighted by Crippen LogP contribution is 2.21. The van der Waals surface area contributed by atoms with Crippen LogP contribution in [0.25, 0.3) is 11.5 Å². The van der Waals surface area contributed by atoms with Crippen molar-refractivity contribution in [1.29, 1.82) is 0 Å². The van der Waals surface area contributed by atoms with Crippen LogP contribution in [0.4, 0.5) is 0 Å². The van der Waals surface area contributed by atoms with Gasteiger partial charge in [-0.2, -0.15) is 0 Å². The molecule has 0 aliphatic carbocycles. The number of aryl methyl sites for hydroxylation is 2. The minimum atomic E-state index is 0.662. The summed E-state index contributed by atoms with van der Waals surface area (Å²) in [5.41, 5.74) is 7.26. The molecule has 0 spiro atoms. The van der Waals surface area contributed by atoms with Crippen LogP contribution in [0.5, 0.6) is 0 Å². The fourth-order valence-corrected chi connectivity index (χ4v) is 1.40. The Morgan fingerprint density at radius 2 is 2.40 bits per heavy atom. The lowest BCUT2D eigenvalue weighted by Crippen LogP contribution is -2.06. The Bertz CT molecular complexity index is 432. The van der Waals surface area contributed by atoms with Crippen molar-refractivity contribution in [2.45, 2.75) is 19.9 Å². The number of furan rings is 1. The quantitative estimate of drug-likeness (QED) is 0.815. The van der Waals surface area contributed by atoms with Crippen LogP contribution in [-0.4, -0.2) is 21.5 Å². The summed E-state index contributed by atoms with van der Waals surface area (Å²) < 4.78 is 7.11. The minimum absolute atomic E-state index is 0.662. The highest BCUT2D eigenvalue weighted by Gasteiger charge is 2.09. The molecule has 0 fully saturated rings. The second kappa shape index (κ2) is 4.27. The fraction of sp³-hybridized carbons (Fsp3) is 0.400. The minimum Gasteiger partial charge on any atom is -0.462 e. The van der Waals surface area contributed by atoms with Gasteiger partial charge < -0.3 is 10.2 Å². The van der Waals surface area contributed by atoms with Gasteiger partial charge in [-0.3, -0.25) is 4.68 Å². The Morgan fingerprint density at radius 3 is 3.07 bits per heavy atom. The van der Waals surface area contributed by atoms with Gasteiger partial charge in [0.2, 0.25) is 0 Å². The van der Waals surface area contributed by atoms with E-state index in [9.17, 15) is 0 Å². The Balaban J connectivity index is 2.17. The van der Waals surface area contributed by atoms with Crippen LogP contribution in [0, 0.1) is 6.92 Å². The summed E-state index contributed by atoms with van der Waals surface area (Å²) in [4.78, 5) is 0. The summed E-state index contributed by atoms with van der Waals surface area (Å²) in [6.07, 6.45) is 4.44. The summed E-state index contributed by atoms with van der Waals surface area (Å²) in [6, 6.07) is 1.91. The molecule has 5 heteroatoms. The monoisotopic (exact) mass is 206 g/mol. The molecule has 0 aromatic carbocycles. The zero-order valence-corrected chi connectivity index (χ0v) is 8.68. The highest BCUT2D eigenvalue weighted by atomic mass is 16.3. The zero-order valence-electron chi connectivity index (χ0n) is 8.68. The first-order chi connectivity index (χ1) is 7.31. The molecule has 5 nitrogen and oxygen atoms in total. The number of hydrogen-bond donors (Lipinski definition) is 1. The standard InChI is InChI=1S/C10H14N4O/c1-8-3-6-15-10(8)9-7-14(13-12-9)5-2-4-11/h3,6-7H,2,4-5,11H2,1H3. The number of hydrogen-bond acceptors (Lipinski definition) is 4. The van der Waals surface area contributed by atoms with E-state index < -0.39 is 0 Å². The molecule has 0 atom stereocenters. The summed E-state index contributed by atoms with van der Waals surface area (Å²) in [5.74, 6) is 0.786. The molecule has 0 radical (unpaired) electrons. The maximum absolute atomic E-state index is 5.42. The molecule has 2 rings (SSSR count). The first-order valence-corrected chi connectivity index (χ1v) is 4.96. The van der Waals surface area contributed by atoms with E-state index in [0.29, 0.717) is 6.54 Å². The van der Waals surface area contributed by atoms with Gasteiger partial charge >= 0.3 is 0 Å². The molecule has 80 valence electrons. The molecule has 0 saturated carbocycles. The molecule has 2 aromatic heterocycles. The van der Waals surface area contributed by atoms with Crippen molar-refractivity contribution in [2.75, 3.05) is 6.54 Å². The predicted octanol–water partition coefficient (Wildman–Crippen LogP) is 1.20. The van der Waals surface area contributed by atoms with E-state index in [1.807, 2.05) is 19.2 Å². The third kappa shape index (κ3) is 2.07. The van der Waals surface area contributed by atoms with Gasteiger partial charge in [-0.15, -0.1) is 5.10 Å². The van der Waals surface area contributed by atoms with E-state index in [2.05, 4.69) is 10.3 Å². The summed E-state index contributed by atoms with van der Waals surface area (Å²) in [5, 5.41) is 8.05. The predicted molar refractivity (Wildman–Crippen MR) is 56.1 cm³/mol. The molecule has 0 unspecified atom stereocenters. The van der Waals surface area contributed by atoms with E-state index in [1.54, 1.807) is 10.9 Å². The number of rotatable bonds is 4. The molecular formula is C10H14N4O. The van der Waals surface area contributed by atoms with Crippen molar-refractivity contribution in [3.63, 3.8) is 0 Å². The maximum Gasteiger partial charge on any atom is 0.158 e. The van der Waals surface area contributed by atoms with Crippen molar-refractivity contribution < 1.29 is 4.42 Å². The van der Waals surface area contributed by atoms with Crippen LogP contribution in [0.2, 0.25) is 0 Å². The van der Waals surface area contributed by atoms with Crippen LogP contribution >= 0.6 is 0 Å². The van der Waals surface area contributed by atoms with Crippen LogP contribution in [0.1, 0.15) is 12.0 Å². The lowest BCUT2D eigenvalue weighted by Gasteiger charge is -1.95. The summed E-state index contributed by atoms with van der Waals surface area (Å²) in [6.45, 7) is 3.44. The third-order valence-corrected chi connectivity index (χ3v) is 2.22. The molecule has 15 heavy (non-hydrogen) atoms. The van der Waals surface area contributed by atoms with E-state index in [0.717, 1.165) is 30.0 Å². The number of nitrogens with zero attached hydrogens (tertiary/aromatic N) is 3. The SMILES string of the molecule is Cc1ccoc1-c1cn(CCCN)nn1. The third-order valence-electron chi connectivity index (χ3n) is 2.22. The number of nitrogens with two attached hydrogens (primary N) is 1. The first-order valence-electron chi connectivity index (χ1n) is 4.96. The molecular weight excluding hydrogens is 192 g/mol. The van der Waals surface area contributed by atoms with Crippen LogP contribution in [0.3, 0.4) is 0 Å². The molecule has 0 amide bonds. The average Bonchev–Trinajstić information content (AvgIpc) is 2.83. The van der Waals surface area contributed by atoms with Gasteiger partial charge in [0.1, 0.15) is 5.69 Å². The van der Waals surface area contributed by atoms with Gasteiger partial charge in [0.05, 0.1) is 12.5 Å². The van der Waals surface area contributed by atoms with Crippen LogP contribution < -0.4 is 5.73 Å². The van der Waals surface area contributed by atoms with Gasteiger partial charge in [-0.05, 0) is 31.5 Å². The second-order valence-electron chi connectivity index (χ2n) is 3.44. The van der Waals surface area contributed by atoms with Gasteiger partial charge in [0.15, 0.2) is 5.76 Å². The smallest absolute Gasteiger partial charge is 0.158 e. The molecule has 2 heterocycles. The van der Waals surface area contributed by atoms with Gasteiger partial charge in [-0.1, -0.05) is 5.21 Å². The molecule has 2 N–H and O–H groups in total. The second-order valence-corrected chi connectivity index (χ2v) is 3.44. The van der Waals surface area contributed by atoms with Crippen LogP contribution in [-0.2, 0) is 6.54 Å². The van der Waals surface area contributed by atoms with Crippen molar-refractivity contribution in [3.8, 4) is 11.5 Å². The Morgan fingerprint density at radius 1 is 1.53 bits per heavy atom. The first kappa shape index (κ1) is 9.92. The van der Waals surface area contributed by atoms with Crippen LogP contribution in [0.15, 0.2) is 22.9 Å². The average molecular weight is 206 g/mol. The van der Waals surface area contributed by atoms with Crippen molar-refractivity contribution >= 4 is 0 Å².